The SMILES string of the molecule is CCCCN(C(=O)CN1CC(c2ccc(C3CC3)c(OCC)c2)CC1CCC)c1cccc(C)c1. The summed E-state index contributed by atoms with van der Waals surface area (Å²) in [6.07, 6.45) is 8.08. The topological polar surface area (TPSA) is 32.8 Å². The fourth-order valence-corrected chi connectivity index (χ4v) is 5.64. The number of anilines is 1. The molecule has 0 N–H and O–H groups in total. The molecule has 4 heteroatoms. The maximum atomic E-state index is 13.6. The second kappa shape index (κ2) is 12.1. The third-order valence-electron chi connectivity index (χ3n) is 7.66. The molecule has 1 aliphatic heterocycles. The van der Waals surface area contributed by atoms with Crippen LogP contribution in [0.2, 0.25) is 0 Å². The van der Waals surface area contributed by atoms with Crippen molar-refractivity contribution in [3.8, 4) is 5.75 Å². The third kappa shape index (κ3) is 6.46. The van der Waals surface area contributed by atoms with Gasteiger partial charge in [0, 0.05) is 24.8 Å². The number of carbonyl (C=O) groups is 1. The van der Waals surface area contributed by atoms with Gasteiger partial charge in [0.25, 0.3) is 0 Å². The van der Waals surface area contributed by atoms with Gasteiger partial charge in [0.1, 0.15) is 5.75 Å². The Balaban J connectivity index is 1.50. The quantitative estimate of drug-likeness (QED) is 0.329. The molecule has 2 aromatic carbocycles. The Morgan fingerprint density at radius 1 is 1.06 bits per heavy atom. The van der Waals surface area contributed by atoms with Crippen molar-refractivity contribution in [3.05, 3.63) is 59.2 Å². The number of unbranched alkanes of at least 4 members (excludes halogenated alkanes) is 1. The minimum atomic E-state index is 0.227. The summed E-state index contributed by atoms with van der Waals surface area (Å²) in [5.41, 5.74) is 4.98. The lowest BCUT2D eigenvalue weighted by molar-refractivity contribution is -0.120. The van der Waals surface area contributed by atoms with E-state index in [1.54, 1.807) is 0 Å². The highest BCUT2D eigenvalue weighted by Crippen LogP contribution is 2.46. The Hall–Kier alpha value is -2.33. The number of rotatable bonds is 12. The number of carbonyl (C=O) groups excluding carboxylic acids is 1. The van der Waals surface area contributed by atoms with Crippen LogP contribution >= 0.6 is 0 Å². The highest BCUT2D eigenvalue weighted by atomic mass is 16.5. The van der Waals surface area contributed by atoms with Crippen LogP contribution in [0.25, 0.3) is 0 Å². The molecule has 0 bridgehead atoms. The van der Waals surface area contributed by atoms with Crippen molar-refractivity contribution in [2.45, 2.75) is 90.5 Å². The van der Waals surface area contributed by atoms with Gasteiger partial charge in [-0.15, -0.1) is 0 Å². The summed E-state index contributed by atoms with van der Waals surface area (Å²) >= 11 is 0. The minimum Gasteiger partial charge on any atom is -0.494 e. The van der Waals surface area contributed by atoms with E-state index >= 15 is 0 Å². The molecule has 1 amide bonds. The molecule has 4 nitrogen and oxygen atoms in total. The van der Waals surface area contributed by atoms with E-state index in [1.807, 2.05) is 4.90 Å². The summed E-state index contributed by atoms with van der Waals surface area (Å²) in [5, 5.41) is 0. The molecular weight excluding hydrogens is 432 g/mol. The van der Waals surface area contributed by atoms with Crippen LogP contribution < -0.4 is 9.64 Å². The third-order valence-corrected chi connectivity index (χ3v) is 7.66. The standard InChI is InChI=1S/C31H44N2O2/c1-5-8-17-33(28-12-9-11-23(4)18-28)31(34)22-32-21-26(19-27(32)10-6-2)25-15-16-29(24-13-14-24)30(20-25)35-7-3/h9,11-12,15-16,18,20,24,26-27H,5-8,10,13-14,17,19,21-22H2,1-4H3. The average Bonchev–Trinajstić information content (AvgIpc) is 3.62. The first-order valence-electron chi connectivity index (χ1n) is 13.9. The highest BCUT2D eigenvalue weighted by molar-refractivity contribution is 5.94. The lowest BCUT2D eigenvalue weighted by atomic mass is 9.93. The van der Waals surface area contributed by atoms with E-state index in [0.29, 0.717) is 31.0 Å². The van der Waals surface area contributed by atoms with Crippen molar-refractivity contribution in [2.75, 3.05) is 31.1 Å². The van der Waals surface area contributed by atoms with Gasteiger partial charge in [-0.3, -0.25) is 9.69 Å². The molecule has 2 unspecified atom stereocenters. The number of amides is 1. The van der Waals surface area contributed by atoms with Crippen LogP contribution in [0.5, 0.6) is 5.75 Å². The Morgan fingerprint density at radius 2 is 1.89 bits per heavy atom. The number of nitrogens with zero attached hydrogens (tertiary/aromatic N) is 2. The van der Waals surface area contributed by atoms with Gasteiger partial charge in [-0.05, 0) is 92.7 Å². The predicted octanol–water partition coefficient (Wildman–Crippen LogP) is 7.06. The molecule has 2 atom stereocenters. The molecule has 2 aliphatic rings. The van der Waals surface area contributed by atoms with Gasteiger partial charge in [-0.25, -0.2) is 0 Å². The molecule has 0 aromatic heterocycles. The van der Waals surface area contributed by atoms with Crippen LogP contribution in [-0.4, -0.2) is 43.1 Å². The van der Waals surface area contributed by atoms with E-state index in [9.17, 15) is 4.79 Å². The van der Waals surface area contributed by atoms with E-state index in [2.05, 4.69) is 75.1 Å². The molecule has 4 rings (SSSR count). The van der Waals surface area contributed by atoms with E-state index in [1.165, 1.54) is 29.5 Å². The summed E-state index contributed by atoms with van der Waals surface area (Å²) in [4.78, 5) is 18.1. The van der Waals surface area contributed by atoms with Crippen molar-refractivity contribution in [2.24, 2.45) is 0 Å². The molecule has 0 radical (unpaired) electrons. The van der Waals surface area contributed by atoms with E-state index in [-0.39, 0.29) is 5.91 Å². The lowest BCUT2D eigenvalue weighted by Crippen LogP contribution is -2.43. The van der Waals surface area contributed by atoms with Crippen molar-refractivity contribution >= 4 is 11.6 Å². The summed E-state index contributed by atoms with van der Waals surface area (Å²) < 4.78 is 6.06. The van der Waals surface area contributed by atoms with Crippen LogP contribution in [-0.2, 0) is 4.79 Å². The average molecular weight is 477 g/mol. The Morgan fingerprint density at radius 3 is 2.57 bits per heavy atom. The molecule has 2 aromatic rings. The Labute approximate surface area is 212 Å². The van der Waals surface area contributed by atoms with Gasteiger partial charge in [0.15, 0.2) is 0 Å². The zero-order chi connectivity index (χ0) is 24.8. The highest BCUT2D eigenvalue weighted by Gasteiger charge is 2.35. The molecule has 1 saturated carbocycles. The molecule has 1 aliphatic carbocycles. The van der Waals surface area contributed by atoms with E-state index in [4.69, 9.17) is 4.74 Å². The van der Waals surface area contributed by atoms with Crippen LogP contribution in [0.15, 0.2) is 42.5 Å². The predicted molar refractivity (Wildman–Crippen MR) is 146 cm³/mol. The van der Waals surface area contributed by atoms with Crippen molar-refractivity contribution < 1.29 is 9.53 Å². The first-order valence-corrected chi connectivity index (χ1v) is 13.9. The van der Waals surface area contributed by atoms with E-state index in [0.717, 1.165) is 56.6 Å². The summed E-state index contributed by atoms with van der Waals surface area (Å²) in [5.74, 6) is 2.45. The number of aryl methyl sites for hydroxylation is 1. The van der Waals surface area contributed by atoms with Crippen LogP contribution in [0, 0.1) is 6.92 Å². The van der Waals surface area contributed by atoms with Crippen molar-refractivity contribution in [1.29, 1.82) is 0 Å². The Kier molecular flexibility index (Phi) is 8.89. The fraction of sp³-hybridized carbons (Fsp3) is 0.581. The number of hydrogen-bond acceptors (Lipinski definition) is 3. The molecule has 0 spiro atoms. The number of likely N-dealkylation sites (tertiary alicyclic amines) is 1. The molecule has 2 fully saturated rings. The van der Waals surface area contributed by atoms with E-state index < -0.39 is 0 Å². The normalized spacial score (nSPS) is 20.2. The van der Waals surface area contributed by atoms with Crippen LogP contribution in [0.1, 0.15) is 94.2 Å². The number of benzene rings is 2. The summed E-state index contributed by atoms with van der Waals surface area (Å²) in [6, 6.07) is 15.8. The minimum absolute atomic E-state index is 0.227. The molecule has 1 saturated heterocycles. The largest absolute Gasteiger partial charge is 0.494 e. The van der Waals surface area contributed by atoms with Gasteiger partial charge < -0.3 is 9.64 Å². The smallest absolute Gasteiger partial charge is 0.241 e. The second-order valence-corrected chi connectivity index (χ2v) is 10.5. The Bertz CT molecular complexity index is 984. The molecule has 35 heavy (non-hydrogen) atoms. The van der Waals surface area contributed by atoms with Crippen molar-refractivity contribution in [3.63, 3.8) is 0 Å². The van der Waals surface area contributed by atoms with Crippen LogP contribution in [0.4, 0.5) is 5.69 Å². The van der Waals surface area contributed by atoms with Gasteiger partial charge in [0.2, 0.25) is 5.91 Å². The molecule has 1 heterocycles. The first-order chi connectivity index (χ1) is 17.0. The van der Waals surface area contributed by atoms with Gasteiger partial charge in [-0.1, -0.05) is 51.0 Å². The maximum Gasteiger partial charge on any atom is 0.241 e. The number of ether oxygens (including phenoxy) is 1. The van der Waals surface area contributed by atoms with Crippen molar-refractivity contribution in [1.82, 2.24) is 4.90 Å². The van der Waals surface area contributed by atoms with Gasteiger partial charge in [-0.2, -0.15) is 0 Å². The molecular formula is C31H44N2O2. The summed E-state index contributed by atoms with van der Waals surface area (Å²) in [7, 11) is 0. The van der Waals surface area contributed by atoms with Crippen LogP contribution in [0.3, 0.4) is 0 Å². The fourth-order valence-electron chi connectivity index (χ4n) is 5.64. The van der Waals surface area contributed by atoms with Gasteiger partial charge in [0.05, 0.1) is 13.2 Å². The lowest BCUT2D eigenvalue weighted by Gasteiger charge is -2.29. The number of hydrogen-bond donors (Lipinski definition) is 0. The monoisotopic (exact) mass is 476 g/mol. The molecule has 190 valence electrons. The maximum absolute atomic E-state index is 13.6. The zero-order valence-electron chi connectivity index (χ0n) is 22.3. The second-order valence-electron chi connectivity index (χ2n) is 10.5. The summed E-state index contributed by atoms with van der Waals surface area (Å²) in [6.45, 7) is 11.5. The first kappa shape index (κ1) is 25.8. The zero-order valence-corrected chi connectivity index (χ0v) is 22.3. The van der Waals surface area contributed by atoms with Gasteiger partial charge >= 0.3 is 0 Å².